The quantitative estimate of drug-likeness (QED) is 0.178. The van der Waals surface area contributed by atoms with Crippen molar-refractivity contribution in [3.05, 3.63) is 199 Å². The fourth-order valence-electron chi connectivity index (χ4n) is 7.86. The third-order valence-electron chi connectivity index (χ3n) is 10.3. The third-order valence-corrected chi connectivity index (χ3v) is 10.3. The Hall–Kier alpha value is -6.58. The minimum Gasteiger partial charge on any atom is -0.454 e. The second-order valence-electron chi connectivity index (χ2n) is 13.3. The molecule has 3 nitrogen and oxygen atoms in total. The van der Waals surface area contributed by atoms with E-state index in [1.807, 2.05) is 0 Å². The first-order valence-corrected chi connectivity index (χ1v) is 17.6. The van der Waals surface area contributed by atoms with Crippen molar-refractivity contribution >= 4 is 54.9 Å². The van der Waals surface area contributed by atoms with Gasteiger partial charge in [0.2, 0.25) is 0 Å². The number of aromatic nitrogens is 1. The highest BCUT2D eigenvalue weighted by Crippen LogP contribution is 2.42. The van der Waals surface area contributed by atoms with Crippen LogP contribution in [0.3, 0.4) is 0 Å². The van der Waals surface area contributed by atoms with Gasteiger partial charge in [-0.25, -0.2) is 0 Å². The van der Waals surface area contributed by atoms with E-state index in [1.54, 1.807) is 0 Å². The number of benzene rings is 7. The summed E-state index contributed by atoms with van der Waals surface area (Å²) in [5.74, 6) is 1.16. The topological polar surface area (TPSA) is 21.3 Å². The van der Waals surface area contributed by atoms with Crippen molar-refractivity contribution in [2.24, 2.45) is 0 Å². The number of hydrogen-bond acceptors (Lipinski definition) is 2. The summed E-state index contributed by atoms with van der Waals surface area (Å²) >= 11 is 0. The highest BCUT2D eigenvalue weighted by atomic mass is 16.3. The number of nitrogens with zero attached hydrogens (tertiary/aromatic N) is 2. The van der Waals surface area contributed by atoms with Gasteiger partial charge in [0.25, 0.3) is 0 Å². The first kappa shape index (κ1) is 29.3. The van der Waals surface area contributed by atoms with E-state index in [2.05, 4.69) is 198 Å². The van der Waals surface area contributed by atoms with Gasteiger partial charge in [-0.3, -0.25) is 0 Å². The SMILES string of the molecule is C1=CC(c2ccc(-c3cc4c(o3)c3ccccc3n4-c3ccccc3)cc2)CC=C1N(c1cccc2ccccc12)c1cccc2ccccc12. The van der Waals surface area contributed by atoms with Crippen molar-refractivity contribution in [2.45, 2.75) is 12.3 Å². The maximum atomic E-state index is 6.59. The predicted molar refractivity (Wildman–Crippen MR) is 213 cm³/mol. The van der Waals surface area contributed by atoms with Crippen LogP contribution in [0.15, 0.2) is 198 Å². The Balaban J connectivity index is 0.982. The van der Waals surface area contributed by atoms with Gasteiger partial charge in [0.05, 0.1) is 22.4 Å². The lowest BCUT2D eigenvalue weighted by Gasteiger charge is -2.31. The molecule has 7 aromatic carbocycles. The van der Waals surface area contributed by atoms with Crippen LogP contribution in [0.4, 0.5) is 11.4 Å². The molecule has 2 heterocycles. The normalized spacial score (nSPS) is 14.4. The summed E-state index contributed by atoms with van der Waals surface area (Å²) in [7, 11) is 0. The van der Waals surface area contributed by atoms with Gasteiger partial charge in [-0.2, -0.15) is 0 Å². The first-order chi connectivity index (χ1) is 25.3. The molecule has 0 amide bonds. The summed E-state index contributed by atoms with van der Waals surface area (Å²) in [6.45, 7) is 0. The Bertz CT molecular complexity index is 2690. The highest BCUT2D eigenvalue weighted by Gasteiger charge is 2.22. The van der Waals surface area contributed by atoms with E-state index in [1.165, 1.54) is 44.2 Å². The molecule has 0 aliphatic heterocycles. The fourth-order valence-corrected chi connectivity index (χ4v) is 7.86. The molecule has 0 fully saturated rings. The number of hydrogen-bond donors (Lipinski definition) is 0. The Labute approximate surface area is 296 Å². The molecule has 2 aromatic heterocycles. The summed E-state index contributed by atoms with van der Waals surface area (Å²) in [5.41, 5.74) is 10.2. The highest BCUT2D eigenvalue weighted by molar-refractivity contribution is 6.07. The van der Waals surface area contributed by atoms with Gasteiger partial charge >= 0.3 is 0 Å². The van der Waals surface area contributed by atoms with Gasteiger partial charge in [-0.05, 0) is 65.2 Å². The van der Waals surface area contributed by atoms with Gasteiger partial charge in [-0.15, -0.1) is 0 Å². The van der Waals surface area contributed by atoms with Crippen molar-refractivity contribution in [1.82, 2.24) is 4.57 Å². The van der Waals surface area contributed by atoms with E-state index in [0.29, 0.717) is 0 Å². The second kappa shape index (κ2) is 12.1. The molecule has 1 aliphatic rings. The lowest BCUT2D eigenvalue weighted by molar-refractivity contribution is 0.635. The average Bonchev–Trinajstić information content (AvgIpc) is 3.77. The lowest BCUT2D eigenvalue weighted by atomic mass is 9.90. The van der Waals surface area contributed by atoms with Gasteiger partial charge in [0, 0.05) is 45.1 Å². The largest absolute Gasteiger partial charge is 0.454 e. The van der Waals surface area contributed by atoms with E-state index >= 15 is 0 Å². The summed E-state index contributed by atoms with van der Waals surface area (Å²) < 4.78 is 8.88. The molecule has 1 aliphatic carbocycles. The molecule has 1 atom stereocenters. The minimum atomic E-state index is 0.284. The van der Waals surface area contributed by atoms with Gasteiger partial charge in [0.1, 0.15) is 5.76 Å². The summed E-state index contributed by atoms with van der Waals surface area (Å²) in [6, 6.07) is 60.6. The van der Waals surface area contributed by atoms with E-state index in [9.17, 15) is 0 Å². The Kier molecular flexibility index (Phi) is 6.95. The predicted octanol–water partition coefficient (Wildman–Crippen LogP) is 13.1. The van der Waals surface area contributed by atoms with Crippen molar-refractivity contribution in [1.29, 1.82) is 0 Å². The van der Waals surface area contributed by atoms with Crippen LogP contribution >= 0.6 is 0 Å². The molecule has 242 valence electrons. The zero-order valence-electron chi connectivity index (χ0n) is 28.0. The zero-order valence-corrected chi connectivity index (χ0v) is 28.0. The van der Waals surface area contributed by atoms with Crippen LogP contribution in [0.25, 0.3) is 60.6 Å². The monoisotopic (exact) mass is 654 g/mol. The summed E-state index contributed by atoms with van der Waals surface area (Å²) in [4.78, 5) is 2.44. The number of para-hydroxylation sites is 2. The second-order valence-corrected chi connectivity index (χ2v) is 13.3. The first-order valence-electron chi connectivity index (χ1n) is 17.6. The van der Waals surface area contributed by atoms with Gasteiger partial charge < -0.3 is 13.9 Å². The zero-order chi connectivity index (χ0) is 33.7. The lowest BCUT2D eigenvalue weighted by Crippen LogP contribution is -2.18. The summed E-state index contributed by atoms with van der Waals surface area (Å²) in [5, 5.41) is 6.06. The summed E-state index contributed by atoms with van der Waals surface area (Å²) in [6.07, 6.45) is 7.98. The molecule has 0 radical (unpaired) electrons. The van der Waals surface area contributed by atoms with E-state index in [0.717, 1.165) is 45.4 Å². The molecular formula is C48H34N2O. The molecule has 0 N–H and O–H groups in total. The van der Waals surface area contributed by atoms with Crippen molar-refractivity contribution in [3.8, 4) is 17.0 Å². The minimum absolute atomic E-state index is 0.284. The Morgan fingerprint density at radius 3 is 1.82 bits per heavy atom. The molecule has 0 spiro atoms. The molecule has 0 saturated heterocycles. The molecule has 10 rings (SSSR count). The molecule has 0 bridgehead atoms. The molecule has 0 saturated carbocycles. The molecule has 9 aromatic rings. The van der Waals surface area contributed by atoms with Crippen molar-refractivity contribution < 1.29 is 4.42 Å². The molecule has 1 unspecified atom stereocenters. The van der Waals surface area contributed by atoms with E-state index < -0.39 is 0 Å². The van der Waals surface area contributed by atoms with Crippen LogP contribution in [-0.4, -0.2) is 4.57 Å². The van der Waals surface area contributed by atoms with E-state index in [-0.39, 0.29) is 5.92 Å². The maximum Gasteiger partial charge on any atom is 0.160 e. The van der Waals surface area contributed by atoms with Crippen LogP contribution in [-0.2, 0) is 0 Å². The van der Waals surface area contributed by atoms with Crippen molar-refractivity contribution in [2.75, 3.05) is 4.90 Å². The van der Waals surface area contributed by atoms with Crippen LogP contribution in [0.2, 0.25) is 0 Å². The van der Waals surface area contributed by atoms with Crippen molar-refractivity contribution in [3.63, 3.8) is 0 Å². The number of fused-ring (bicyclic) bond motifs is 5. The number of rotatable bonds is 6. The Morgan fingerprint density at radius 1 is 0.549 bits per heavy atom. The molecule has 3 heteroatoms. The van der Waals surface area contributed by atoms with Gasteiger partial charge in [0.15, 0.2) is 5.58 Å². The standard InChI is InChI=1S/C48H34N2O/c1-2-16-38(17-3-1)50-45-21-9-8-20-42(45)48-46(50)32-47(51-48)37-26-24-33(25-27-37)34-28-30-39(31-29-34)49(43-22-10-14-35-12-4-6-18-40(35)43)44-23-11-15-36-13-5-7-19-41(36)44/h1-28,30-32,34H,29H2. The number of anilines is 2. The maximum absolute atomic E-state index is 6.59. The van der Waals surface area contributed by atoms with Gasteiger partial charge in [-0.1, -0.05) is 140 Å². The molecule has 51 heavy (non-hydrogen) atoms. The van der Waals surface area contributed by atoms with Crippen LogP contribution < -0.4 is 4.90 Å². The molecular weight excluding hydrogens is 621 g/mol. The van der Waals surface area contributed by atoms with E-state index in [4.69, 9.17) is 4.42 Å². The number of allylic oxidation sites excluding steroid dienone is 3. The van der Waals surface area contributed by atoms with Crippen LogP contribution in [0, 0.1) is 0 Å². The van der Waals surface area contributed by atoms with Crippen LogP contribution in [0.1, 0.15) is 17.9 Å². The average molecular weight is 655 g/mol. The number of furan rings is 1. The Morgan fingerprint density at radius 2 is 1.16 bits per heavy atom. The smallest absolute Gasteiger partial charge is 0.160 e. The van der Waals surface area contributed by atoms with Crippen LogP contribution in [0.5, 0.6) is 0 Å². The third kappa shape index (κ3) is 4.97. The fraction of sp³-hybridized carbons (Fsp3) is 0.0417.